The number of halogens is 1. The van der Waals surface area contributed by atoms with E-state index in [1.807, 2.05) is 24.5 Å². The van der Waals surface area contributed by atoms with E-state index < -0.39 is 0 Å². The van der Waals surface area contributed by atoms with Crippen LogP contribution in [-0.2, 0) is 11.2 Å². The van der Waals surface area contributed by atoms with Gasteiger partial charge in [0.05, 0.1) is 0 Å². The number of hydrogen-bond acceptors (Lipinski definition) is 4. The second-order valence-electron chi connectivity index (χ2n) is 5.40. The summed E-state index contributed by atoms with van der Waals surface area (Å²) < 4.78 is 1.91. The maximum Gasteiger partial charge on any atom is 0.243 e. The molecule has 21 heavy (non-hydrogen) atoms. The van der Waals surface area contributed by atoms with Crippen LogP contribution in [0.5, 0.6) is 0 Å². The van der Waals surface area contributed by atoms with E-state index in [0.29, 0.717) is 11.0 Å². The second-order valence-corrected chi connectivity index (χ2v) is 5.78. The lowest BCUT2D eigenvalue weighted by Gasteiger charge is -2.17. The van der Waals surface area contributed by atoms with Gasteiger partial charge >= 0.3 is 0 Å². The average molecular weight is 306 g/mol. The molecule has 1 atom stereocenters. The number of hydrogen-bond donors (Lipinski definition) is 1. The molecule has 7 heteroatoms. The highest BCUT2D eigenvalue weighted by Gasteiger charge is 2.32. The zero-order valence-electron chi connectivity index (χ0n) is 11.9. The summed E-state index contributed by atoms with van der Waals surface area (Å²) >= 11 is 5.81. The Bertz CT molecular complexity index is 665. The quantitative estimate of drug-likeness (QED) is 0.880. The van der Waals surface area contributed by atoms with Gasteiger partial charge in [0.15, 0.2) is 5.82 Å². The molecule has 1 aliphatic rings. The van der Waals surface area contributed by atoms with Crippen molar-refractivity contribution in [3.63, 3.8) is 0 Å². The van der Waals surface area contributed by atoms with Crippen LogP contribution in [0.4, 0.5) is 0 Å². The Kier molecular flexibility index (Phi) is 3.63. The third-order valence-electron chi connectivity index (χ3n) is 3.44. The molecule has 110 valence electrons. The van der Waals surface area contributed by atoms with Gasteiger partial charge in [0.2, 0.25) is 5.91 Å². The molecular weight excluding hydrogens is 290 g/mol. The number of pyridine rings is 1. The lowest BCUT2D eigenvalue weighted by Crippen LogP contribution is -2.35. The molecule has 0 spiro atoms. The number of fused-ring (bicyclic) bond motifs is 1. The van der Waals surface area contributed by atoms with Crippen molar-refractivity contribution in [1.82, 2.24) is 25.1 Å². The first-order chi connectivity index (χ1) is 10.1. The molecule has 0 radical (unpaired) electrons. The fourth-order valence-corrected chi connectivity index (χ4v) is 2.66. The Morgan fingerprint density at radius 2 is 2.24 bits per heavy atom. The number of rotatable bonds is 3. The summed E-state index contributed by atoms with van der Waals surface area (Å²) in [6.45, 7) is 3.90. The van der Waals surface area contributed by atoms with Crippen LogP contribution in [0.15, 0.2) is 18.3 Å². The molecule has 0 aromatic carbocycles. The summed E-state index contributed by atoms with van der Waals surface area (Å²) in [6.07, 6.45) is 3.15. The summed E-state index contributed by atoms with van der Waals surface area (Å²) in [5.41, 5.74) is 0.808. The molecule has 1 aliphatic heterocycles. The van der Waals surface area contributed by atoms with Crippen LogP contribution in [0.2, 0.25) is 5.15 Å². The highest BCUT2D eigenvalue weighted by molar-refractivity contribution is 6.29. The molecule has 3 rings (SSSR count). The molecular formula is C14H16ClN5O. The highest BCUT2D eigenvalue weighted by atomic mass is 35.5. The van der Waals surface area contributed by atoms with Crippen molar-refractivity contribution < 1.29 is 4.79 Å². The van der Waals surface area contributed by atoms with E-state index >= 15 is 0 Å². The Labute approximate surface area is 127 Å². The van der Waals surface area contributed by atoms with Crippen molar-refractivity contribution in [3.8, 4) is 11.4 Å². The van der Waals surface area contributed by atoms with Crippen molar-refractivity contribution in [2.24, 2.45) is 0 Å². The van der Waals surface area contributed by atoms with Crippen LogP contribution >= 0.6 is 11.6 Å². The van der Waals surface area contributed by atoms with E-state index in [4.69, 9.17) is 11.6 Å². The summed E-state index contributed by atoms with van der Waals surface area (Å²) in [7, 11) is 0. The summed E-state index contributed by atoms with van der Waals surface area (Å²) in [6, 6.07) is 3.39. The monoisotopic (exact) mass is 305 g/mol. The lowest BCUT2D eigenvalue weighted by atomic mass is 10.2. The Balaban J connectivity index is 1.96. The molecule has 0 fully saturated rings. The summed E-state index contributed by atoms with van der Waals surface area (Å²) in [4.78, 5) is 16.4. The highest BCUT2D eigenvalue weighted by Crippen LogP contribution is 2.31. The molecule has 1 unspecified atom stereocenters. The van der Waals surface area contributed by atoms with Crippen LogP contribution in [-0.4, -0.2) is 31.7 Å². The normalized spacial score (nSPS) is 17.0. The van der Waals surface area contributed by atoms with Gasteiger partial charge in [-0.2, -0.15) is 0 Å². The van der Waals surface area contributed by atoms with Gasteiger partial charge in [-0.3, -0.25) is 9.36 Å². The minimum atomic E-state index is -0.261. The van der Waals surface area contributed by atoms with Crippen LogP contribution in [0, 0.1) is 0 Å². The largest absolute Gasteiger partial charge is 0.352 e. The van der Waals surface area contributed by atoms with Gasteiger partial charge in [-0.15, -0.1) is 10.2 Å². The smallest absolute Gasteiger partial charge is 0.243 e. The number of aryl methyl sites for hydroxylation is 1. The van der Waals surface area contributed by atoms with Gasteiger partial charge in [-0.1, -0.05) is 11.6 Å². The molecule has 2 aromatic rings. The molecule has 2 aromatic heterocycles. The van der Waals surface area contributed by atoms with Gasteiger partial charge in [0.1, 0.15) is 17.0 Å². The van der Waals surface area contributed by atoms with Gasteiger partial charge in [-0.25, -0.2) is 4.98 Å². The summed E-state index contributed by atoms with van der Waals surface area (Å²) in [5.74, 6) is 1.51. The number of carbonyl (C=O) groups excluding carboxylic acids is 1. The Morgan fingerprint density at radius 1 is 1.43 bits per heavy atom. The predicted octanol–water partition coefficient (Wildman–Crippen LogP) is 2.01. The number of amides is 1. The first-order valence-corrected chi connectivity index (χ1v) is 7.30. The van der Waals surface area contributed by atoms with E-state index in [9.17, 15) is 4.79 Å². The van der Waals surface area contributed by atoms with Gasteiger partial charge in [0.25, 0.3) is 0 Å². The maximum atomic E-state index is 12.3. The van der Waals surface area contributed by atoms with Crippen LogP contribution in [0.3, 0.4) is 0 Å². The number of carbonyl (C=O) groups is 1. The van der Waals surface area contributed by atoms with E-state index in [0.717, 1.165) is 24.2 Å². The molecule has 1 amide bonds. The van der Waals surface area contributed by atoms with Crippen LogP contribution in [0.1, 0.15) is 32.1 Å². The molecule has 0 saturated carbocycles. The average Bonchev–Trinajstić information content (AvgIpc) is 3.00. The Hall–Kier alpha value is -1.95. The van der Waals surface area contributed by atoms with Crippen molar-refractivity contribution in [3.05, 3.63) is 29.3 Å². The third kappa shape index (κ3) is 2.63. The minimum Gasteiger partial charge on any atom is -0.352 e. The van der Waals surface area contributed by atoms with Crippen LogP contribution < -0.4 is 5.32 Å². The Morgan fingerprint density at radius 3 is 2.90 bits per heavy atom. The third-order valence-corrected chi connectivity index (χ3v) is 3.66. The fraction of sp³-hybridized carbons (Fsp3) is 0.429. The van der Waals surface area contributed by atoms with Crippen LogP contribution in [0.25, 0.3) is 11.4 Å². The van der Waals surface area contributed by atoms with E-state index in [-0.39, 0.29) is 18.0 Å². The van der Waals surface area contributed by atoms with Crippen molar-refractivity contribution >= 4 is 17.5 Å². The fourth-order valence-electron chi connectivity index (χ4n) is 2.55. The van der Waals surface area contributed by atoms with Gasteiger partial charge < -0.3 is 5.32 Å². The maximum absolute atomic E-state index is 12.3. The predicted molar refractivity (Wildman–Crippen MR) is 78.9 cm³/mol. The summed E-state index contributed by atoms with van der Waals surface area (Å²) in [5, 5.41) is 11.8. The standard InChI is InChI=1S/C14H16ClN5O/c1-8(2)17-14(21)10-4-6-12-18-19-13(20(10)12)9-3-5-11(15)16-7-9/h3,5,7-8,10H,4,6H2,1-2H3,(H,17,21). The topological polar surface area (TPSA) is 72.7 Å². The van der Waals surface area contributed by atoms with Crippen molar-refractivity contribution in [1.29, 1.82) is 0 Å². The zero-order chi connectivity index (χ0) is 15.0. The molecule has 0 aliphatic carbocycles. The molecule has 3 heterocycles. The molecule has 0 saturated heterocycles. The van der Waals surface area contributed by atoms with E-state index in [2.05, 4.69) is 20.5 Å². The SMILES string of the molecule is CC(C)NC(=O)C1CCc2nnc(-c3ccc(Cl)nc3)n21. The second kappa shape index (κ2) is 5.44. The number of nitrogens with zero attached hydrogens (tertiary/aromatic N) is 4. The first-order valence-electron chi connectivity index (χ1n) is 6.92. The van der Waals surface area contributed by atoms with E-state index in [1.165, 1.54) is 0 Å². The van der Waals surface area contributed by atoms with E-state index in [1.54, 1.807) is 12.3 Å². The first kappa shape index (κ1) is 14.0. The van der Waals surface area contributed by atoms with Crippen molar-refractivity contribution in [2.45, 2.75) is 38.8 Å². The zero-order valence-corrected chi connectivity index (χ0v) is 12.6. The lowest BCUT2D eigenvalue weighted by molar-refractivity contribution is -0.124. The molecule has 1 N–H and O–H groups in total. The molecule has 0 bridgehead atoms. The number of aromatic nitrogens is 4. The number of nitrogens with one attached hydrogen (secondary N) is 1. The molecule has 6 nitrogen and oxygen atoms in total. The van der Waals surface area contributed by atoms with Gasteiger partial charge in [-0.05, 0) is 32.4 Å². The van der Waals surface area contributed by atoms with Gasteiger partial charge in [0, 0.05) is 24.2 Å². The minimum absolute atomic E-state index is 0.00622. The van der Waals surface area contributed by atoms with Crippen molar-refractivity contribution in [2.75, 3.05) is 0 Å².